The fourth-order valence-corrected chi connectivity index (χ4v) is 2.27. The van der Waals surface area contributed by atoms with Gasteiger partial charge in [0.05, 0.1) is 12.5 Å². The van der Waals surface area contributed by atoms with Crippen molar-refractivity contribution >= 4 is 35.1 Å². The fraction of sp³-hybridized carbons (Fsp3) is 0.375. The number of halogens is 1. The standard InChI is InChI=1S/C16H17ClO6/c1-3-23-16(22)14(9(2)18)12(15(20)21)8-13(19)10-4-6-11(17)7-5-10/h4-7,12,14H,3,8H2,1-2H3,(H,20,21). The minimum atomic E-state index is -1.51. The lowest BCUT2D eigenvalue weighted by atomic mass is 9.84. The average Bonchev–Trinajstić information content (AvgIpc) is 2.46. The number of carboxylic acids is 1. The smallest absolute Gasteiger partial charge is 0.317 e. The molecular formula is C16H17ClO6. The fourth-order valence-electron chi connectivity index (χ4n) is 2.15. The number of benzene rings is 1. The molecule has 0 saturated carbocycles. The van der Waals surface area contributed by atoms with Gasteiger partial charge in [-0.2, -0.15) is 0 Å². The Kier molecular flexibility index (Phi) is 6.90. The first-order valence-corrected chi connectivity index (χ1v) is 7.34. The number of carbonyl (C=O) groups is 4. The van der Waals surface area contributed by atoms with Crippen LogP contribution in [0.25, 0.3) is 0 Å². The average molecular weight is 341 g/mol. The van der Waals surface area contributed by atoms with Gasteiger partial charge in [0.25, 0.3) is 0 Å². The Bertz CT molecular complexity index is 608. The highest BCUT2D eigenvalue weighted by atomic mass is 35.5. The van der Waals surface area contributed by atoms with Crippen LogP contribution in [-0.2, 0) is 19.1 Å². The molecular weight excluding hydrogens is 324 g/mol. The maximum Gasteiger partial charge on any atom is 0.317 e. The van der Waals surface area contributed by atoms with Gasteiger partial charge in [-0.15, -0.1) is 0 Å². The molecule has 0 aliphatic rings. The van der Waals surface area contributed by atoms with Crippen molar-refractivity contribution in [1.82, 2.24) is 0 Å². The summed E-state index contributed by atoms with van der Waals surface area (Å²) in [5.41, 5.74) is 0.256. The van der Waals surface area contributed by atoms with Crippen molar-refractivity contribution in [2.45, 2.75) is 20.3 Å². The molecule has 0 fully saturated rings. The number of ketones is 2. The number of rotatable bonds is 8. The summed E-state index contributed by atoms with van der Waals surface area (Å²) in [6.45, 7) is 2.66. The van der Waals surface area contributed by atoms with E-state index < -0.39 is 41.8 Å². The SMILES string of the molecule is CCOC(=O)C(C(C)=O)C(CC(=O)c1ccc(Cl)cc1)C(=O)O. The molecule has 0 aliphatic heterocycles. The third-order valence-corrected chi connectivity index (χ3v) is 3.52. The van der Waals surface area contributed by atoms with Crippen LogP contribution in [-0.4, -0.2) is 35.2 Å². The minimum Gasteiger partial charge on any atom is -0.481 e. The molecule has 7 heteroatoms. The lowest BCUT2D eigenvalue weighted by molar-refractivity contribution is -0.160. The molecule has 23 heavy (non-hydrogen) atoms. The predicted octanol–water partition coefficient (Wildman–Crippen LogP) is 2.38. The number of carboxylic acid groups (broad SMARTS) is 1. The zero-order valence-electron chi connectivity index (χ0n) is 12.7. The van der Waals surface area contributed by atoms with Crippen molar-refractivity contribution in [3.63, 3.8) is 0 Å². The first kappa shape index (κ1) is 18.8. The highest BCUT2D eigenvalue weighted by Gasteiger charge is 2.39. The van der Waals surface area contributed by atoms with Crippen molar-refractivity contribution < 1.29 is 29.0 Å². The van der Waals surface area contributed by atoms with Crippen molar-refractivity contribution in [1.29, 1.82) is 0 Å². The molecule has 2 unspecified atom stereocenters. The van der Waals surface area contributed by atoms with Crippen LogP contribution in [0.15, 0.2) is 24.3 Å². The molecule has 124 valence electrons. The summed E-state index contributed by atoms with van der Waals surface area (Å²) in [7, 11) is 0. The zero-order chi connectivity index (χ0) is 17.6. The first-order valence-electron chi connectivity index (χ1n) is 6.96. The van der Waals surface area contributed by atoms with Gasteiger partial charge in [-0.1, -0.05) is 11.6 Å². The first-order chi connectivity index (χ1) is 10.8. The molecule has 1 rings (SSSR count). The van der Waals surface area contributed by atoms with Gasteiger partial charge in [0.2, 0.25) is 0 Å². The molecule has 0 amide bonds. The Labute approximate surface area is 138 Å². The maximum atomic E-state index is 12.2. The third-order valence-electron chi connectivity index (χ3n) is 3.27. The maximum absolute atomic E-state index is 12.2. The van der Waals surface area contributed by atoms with E-state index in [0.717, 1.165) is 6.92 Å². The monoisotopic (exact) mass is 340 g/mol. The summed E-state index contributed by atoms with van der Waals surface area (Å²) >= 11 is 5.73. The van der Waals surface area contributed by atoms with Crippen LogP contribution in [0.1, 0.15) is 30.6 Å². The number of hydrogen-bond donors (Lipinski definition) is 1. The van der Waals surface area contributed by atoms with Gasteiger partial charge in [0.1, 0.15) is 11.7 Å². The number of carbonyl (C=O) groups excluding carboxylic acids is 3. The molecule has 0 spiro atoms. The molecule has 2 atom stereocenters. The Balaban J connectivity index is 3.02. The molecule has 0 bridgehead atoms. The van der Waals surface area contributed by atoms with E-state index in [1.807, 2.05) is 0 Å². The lowest BCUT2D eigenvalue weighted by Gasteiger charge is -2.19. The van der Waals surface area contributed by atoms with Crippen LogP contribution in [0.2, 0.25) is 5.02 Å². The van der Waals surface area contributed by atoms with E-state index in [-0.39, 0.29) is 12.2 Å². The van der Waals surface area contributed by atoms with Gasteiger partial charge < -0.3 is 9.84 Å². The third kappa shape index (κ3) is 5.17. The molecule has 0 aromatic heterocycles. The summed E-state index contributed by atoms with van der Waals surface area (Å²) in [6, 6.07) is 5.91. The molecule has 0 radical (unpaired) electrons. The normalized spacial score (nSPS) is 13.0. The second-order valence-electron chi connectivity index (χ2n) is 4.92. The molecule has 0 saturated heterocycles. The molecule has 0 heterocycles. The Morgan fingerprint density at radius 3 is 2.17 bits per heavy atom. The largest absolute Gasteiger partial charge is 0.481 e. The van der Waals surface area contributed by atoms with E-state index in [4.69, 9.17) is 16.3 Å². The van der Waals surface area contributed by atoms with E-state index in [1.165, 1.54) is 24.3 Å². The van der Waals surface area contributed by atoms with Crippen molar-refractivity contribution in [3.05, 3.63) is 34.9 Å². The molecule has 1 N–H and O–H groups in total. The van der Waals surface area contributed by atoms with Crippen LogP contribution < -0.4 is 0 Å². The lowest BCUT2D eigenvalue weighted by Crippen LogP contribution is -2.37. The molecule has 6 nitrogen and oxygen atoms in total. The Morgan fingerprint density at radius 2 is 1.74 bits per heavy atom. The van der Waals surface area contributed by atoms with Gasteiger partial charge in [0, 0.05) is 17.0 Å². The van der Waals surface area contributed by atoms with Crippen LogP contribution in [0.5, 0.6) is 0 Å². The van der Waals surface area contributed by atoms with E-state index in [2.05, 4.69) is 0 Å². The second kappa shape index (κ2) is 8.43. The molecule has 1 aromatic carbocycles. The predicted molar refractivity (Wildman–Crippen MR) is 82.3 cm³/mol. The van der Waals surface area contributed by atoms with Crippen molar-refractivity contribution in [2.75, 3.05) is 6.61 Å². The van der Waals surface area contributed by atoms with E-state index in [9.17, 15) is 24.3 Å². The summed E-state index contributed by atoms with van der Waals surface area (Å²) < 4.78 is 4.75. The summed E-state index contributed by atoms with van der Waals surface area (Å²) in [6.07, 6.45) is -0.486. The van der Waals surface area contributed by atoms with E-state index in [0.29, 0.717) is 5.02 Å². The number of Topliss-reactive ketones (excluding diaryl/α,β-unsaturated/α-hetero) is 2. The number of aliphatic carboxylic acids is 1. The number of ether oxygens (including phenoxy) is 1. The summed E-state index contributed by atoms with van der Waals surface area (Å²) in [5, 5.41) is 9.75. The van der Waals surface area contributed by atoms with Crippen molar-refractivity contribution in [3.8, 4) is 0 Å². The Hall–Kier alpha value is -2.21. The highest BCUT2D eigenvalue weighted by Crippen LogP contribution is 2.23. The van der Waals surface area contributed by atoms with Crippen LogP contribution in [0.3, 0.4) is 0 Å². The van der Waals surface area contributed by atoms with Crippen LogP contribution in [0.4, 0.5) is 0 Å². The summed E-state index contributed by atoms with van der Waals surface area (Å²) in [5.74, 6) is -6.47. The quantitative estimate of drug-likeness (QED) is 0.443. The topological polar surface area (TPSA) is 97.7 Å². The van der Waals surface area contributed by atoms with E-state index >= 15 is 0 Å². The molecule has 1 aromatic rings. The van der Waals surface area contributed by atoms with Gasteiger partial charge in [-0.3, -0.25) is 19.2 Å². The van der Waals surface area contributed by atoms with Crippen LogP contribution >= 0.6 is 11.6 Å². The number of hydrogen-bond acceptors (Lipinski definition) is 5. The second-order valence-corrected chi connectivity index (χ2v) is 5.36. The van der Waals surface area contributed by atoms with E-state index in [1.54, 1.807) is 6.92 Å². The Morgan fingerprint density at radius 1 is 1.17 bits per heavy atom. The summed E-state index contributed by atoms with van der Waals surface area (Å²) in [4.78, 5) is 47.2. The van der Waals surface area contributed by atoms with Gasteiger partial charge in [0.15, 0.2) is 5.78 Å². The minimum absolute atomic E-state index is 0.0140. The highest BCUT2D eigenvalue weighted by molar-refractivity contribution is 6.30. The zero-order valence-corrected chi connectivity index (χ0v) is 13.5. The van der Waals surface area contributed by atoms with Gasteiger partial charge in [-0.25, -0.2) is 0 Å². The molecule has 0 aliphatic carbocycles. The van der Waals surface area contributed by atoms with Gasteiger partial charge in [-0.05, 0) is 38.1 Å². The van der Waals surface area contributed by atoms with Crippen molar-refractivity contribution in [2.24, 2.45) is 11.8 Å². The van der Waals surface area contributed by atoms with Gasteiger partial charge >= 0.3 is 11.9 Å². The number of esters is 1. The van der Waals surface area contributed by atoms with Crippen LogP contribution in [0, 0.1) is 11.8 Å².